The van der Waals surface area contributed by atoms with E-state index in [1.807, 2.05) is 49.0 Å². The van der Waals surface area contributed by atoms with Crippen LogP contribution in [0, 0.1) is 12.8 Å². The molecule has 8 heterocycles. The fourth-order valence-electron chi connectivity index (χ4n) is 11.9. The molecule has 3 amide bonds. The lowest BCUT2D eigenvalue weighted by atomic mass is 9.92. The molecule has 0 aliphatic carbocycles. The van der Waals surface area contributed by atoms with Gasteiger partial charge in [0.1, 0.15) is 18.7 Å². The number of nitrogens with zero attached hydrogens (tertiary/aromatic N) is 9. The quantitative estimate of drug-likeness (QED) is 0.0748. The molecule has 0 radical (unpaired) electrons. The third kappa shape index (κ3) is 9.55. The minimum absolute atomic E-state index is 0.0613. The van der Waals surface area contributed by atoms with Gasteiger partial charge in [-0.2, -0.15) is 10.1 Å². The average Bonchev–Trinajstić information content (AvgIpc) is 3.98. The van der Waals surface area contributed by atoms with E-state index in [1.165, 1.54) is 0 Å². The van der Waals surface area contributed by atoms with E-state index in [1.54, 1.807) is 6.20 Å². The number of amides is 3. The zero-order valence-electron chi connectivity index (χ0n) is 42.1. The smallest absolute Gasteiger partial charge is 0.235 e. The van der Waals surface area contributed by atoms with Crippen LogP contribution < -0.4 is 35.8 Å². The van der Waals surface area contributed by atoms with Crippen molar-refractivity contribution in [3.05, 3.63) is 82.2 Å². The minimum Gasteiger partial charge on any atom is -0.492 e. The summed E-state index contributed by atoms with van der Waals surface area (Å²) in [5.41, 5.74) is 8.36. The predicted molar refractivity (Wildman–Crippen MR) is 291 cm³/mol. The molecular formula is C54H64BrN12O5P. The van der Waals surface area contributed by atoms with Crippen molar-refractivity contribution in [3.8, 4) is 5.75 Å². The minimum atomic E-state index is -2.65. The van der Waals surface area contributed by atoms with Gasteiger partial charge in [-0.1, -0.05) is 25.1 Å². The number of benzene rings is 3. The third-order valence-electron chi connectivity index (χ3n) is 15.8. The molecule has 3 aromatic heterocycles. The molecule has 6 aromatic rings. The Labute approximate surface area is 434 Å². The third-order valence-corrected chi connectivity index (χ3v) is 19.7. The SMILES string of the molecule is CCOc1cc(N2CCC(N3CCN(C(=O)C4CN(c5cccc6c(C7CCC(=O)NC7=O)nn(C)c56)C4)CC3)CC2)c(C)cc1Nc1ncc(Br)c(Nc2ccc3nc(CC)ccc3c2P2(=O)CCCC2)n1. The number of fused-ring (bicyclic) bond motifs is 2. The summed E-state index contributed by atoms with van der Waals surface area (Å²) in [5.74, 6) is 0.870. The lowest BCUT2D eigenvalue weighted by molar-refractivity contribution is -0.138. The Morgan fingerprint density at radius 2 is 1.66 bits per heavy atom. The van der Waals surface area contributed by atoms with Crippen molar-refractivity contribution in [3.63, 3.8) is 0 Å². The van der Waals surface area contributed by atoms with Gasteiger partial charge in [-0.15, -0.1) is 0 Å². The second-order valence-electron chi connectivity index (χ2n) is 20.3. The molecular weight excluding hydrogens is 1010 g/mol. The molecule has 1 unspecified atom stereocenters. The molecule has 5 saturated heterocycles. The van der Waals surface area contributed by atoms with Gasteiger partial charge in [0.25, 0.3) is 0 Å². The summed E-state index contributed by atoms with van der Waals surface area (Å²) < 4.78 is 23.3. The lowest BCUT2D eigenvalue weighted by Crippen LogP contribution is -2.59. The number of carbonyl (C=O) groups is 3. The molecule has 0 bridgehead atoms. The number of aromatic nitrogens is 5. The summed E-state index contributed by atoms with van der Waals surface area (Å²) in [4.78, 5) is 62.2. The molecule has 17 nitrogen and oxygen atoms in total. The molecule has 11 rings (SSSR count). The Bertz CT molecular complexity index is 3170. The first-order valence-corrected chi connectivity index (χ1v) is 28.9. The van der Waals surface area contributed by atoms with E-state index in [0.29, 0.717) is 72.8 Å². The zero-order valence-corrected chi connectivity index (χ0v) is 44.6. The number of hydrogen-bond acceptors (Lipinski definition) is 14. The van der Waals surface area contributed by atoms with Gasteiger partial charge in [0.2, 0.25) is 23.7 Å². The normalized spacial score (nSPS) is 19.9. The predicted octanol–water partition coefficient (Wildman–Crippen LogP) is 7.98. The molecule has 73 heavy (non-hydrogen) atoms. The average molecular weight is 1070 g/mol. The number of piperazine rings is 1. The zero-order chi connectivity index (χ0) is 50.5. The van der Waals surface area contributed by atoms with Crippen LogP contribution >= 0.6 is 23.1 Å². The number of anilines is 6. The van der Waals surface area contributed by atoms with Gasteiger partial charge >= 0.3 is 0 Å². The van der Waals surface area contributed by atoms with Gasteiger partial charge in [0.05, 0.1) is 56.7 Å². The number of rotatable bonds is 13. The number of ether oxygens (including phenoxy) is 1. The van der Waals surface area contributed by atoms with E-state index < -0.39 is 13.1 Å². The maximum Gasteiger partial charge on any atom is 0.235 e. The van der Waals surface area contributed by atoms with Gasteiger partial charge in [-0.3, -0.25) is 34.3 Å². The first-order chi connectivity index (χ1) is 35.4. The number of para-hydroxylation sites is 1. The standard InChI is InChI=1S/C54H64BrN12O5P/c1-5-35-12-13-37-41(57-35)15-16-42(50(37)73(71)26-7-8-27-73)58-51-40(55)30-56-54(61-51)59-43-28-33(3)45(29-46(43)72-6-2)65-20-18-36(19-21-65)64-22-24-66(25-23-64)53(70)34-31-67(32-34)44-11-9-10-38-48(62-63(4)49(38)44)39-14-17-47(68)60-52(39)69/h9-13,15-16,28-30,34,36,39H,5-8,14,17-27,31-32H2,1-4H3,(H,60,68,69)(H2,56,58,59,61). The van der Waals surface area contributed by atoms with E-state index in [0.717, 1.165) is 138 Å². The highest BCUT2D eigenvalue weighted by atomic mass is 79.9. The first kappa shape index (κ1) is 49.1. The number of piperidine rings is 2. The molecule has 3 aromatic carbocycles. The van der Waals surface area contributed by atoms with E-state index in [-0.39, 0.29) is 23.6 Å². The molecule has 382 valence electrons. The second-order valence-corrected chi connectivity index (χ2v) is 24.3. The van der Waals surface area contributed by atoms with Crippen molar-refractivity contribution < 1.29 is 23.7 Å². The summed E-state index contributed by atoms with van der Waals surface area (Å²) >= 11 is 3.68. The van der Waals surface area contributed by atoms with Gasteiger partial charge in [0.15, 0.2) is 0 Å². The largest absolute Gasteiger partial charge is 0.492 e. The summed E-state index contributed by atoms with van der Waals surface area (Å²) in [7, 11) is -0.759. The topological polar surface area (TPSA) is 183 Å². The Morgan fingerprint density at radius 3 is 2.40 bits per heavy atom. The summed E-state index contributed by atoms with van der Waals surface area (Å²) in [5, 5.41) is 16.9. The van der Waals surface area contributed by atoms with Crippen molar-refractivity contribution >= 4 is 102 Å². The number of aryl methyl sites for hydroxylation is 3. The number of hydrogen-bond donors (Lipinski definition) is 3. The van der Waals surface area contributed by atoms with E-state index >= 15 is 0 Å². The maximum atomic E-state index is 14.5. The molecule has 5 fully saturated rings. The van der Waals surface area contributed by atoms with Crippen molar-refractivity contribution in [2.75, 3.05) is 91.7 Å². The number of halogens is 1. The van der Waals surface area contributed by atoms with Crippen LogP contribution in [0.25, 0.3) is 21.8 Å². The van der Waals surface area contributed by atoms with Crippen molar-refractivity contribution in [2.24, 2.45) is 13.0 Å². The van der Waals surface area contributed by atoms with E-state index in [9.17, 15) is 18.9 Å². The van der Waals surface area contributed by atoms with Crippen molar-refractivity contribution in [2.45, 2.75) is 77.7 Å². The Hall–Kier alpha value is -6.10. The van der Waals surface area contributed by atoms with Crippen LogP contribution in [0.2, 0.25) is 0 Å². The molecule has 1 atom stereocenters. The monoisotopic (exact) mass is 1070 g/mol. The van der Waals surface area contributed by atoms with Crippen LogP contribution in [0.15, 0.2) is 65.3 Å². The highest BCUT2D eigenvalue weighted by Crippen LogP contribution is 2.54. The second kappa shape index (κ2) is 20.3. The Morgan fingerprint density at radius 1 is 0.877 bits per heavy atom. The van der Waals surface area contributed by atoms with Crippen LogP contribution in [0.3, 0.4) is 0 Å². The van der Waals surface area contributed by atoms with Crippen molar-refractivity contribution in [1.82, 2.24) is 39.8 Å². The Kier molecular flexibility index (Phi) is 13.7. The van der Waals surface area contributed by atoms with Crippen LogP contribution in [-0.4, -0.2) is 130 Å². The van der Waals surface area contributed by atoms with Crippen LogP contribution in [-0.2, 0) is 32.4 Å². The summed E-state index contributed by atoms with van der Waals surface area (Å²) in [6, 6.07) is 18.9. The highest BCUT2D eigenvalue weighted by molar-refractivity contribution is 9.10. The molecule has 19 heteroatoms. The molecule has 5 aliphatic heterocycles. The van der Waals surface area contributed by atoms with E-state index in [4.69, 9.17) is 19.8 Å². The Balaban J connectivity index is 0.702. The number of nitrogens with one attached hydrogen (secondary N) is 3. The van der Waals surface area contributed by atoms with Crippen molar-refractivity contribution in [1.29, 1.82) is 0 Å². The molecule has 5 aliphatic rings. The van der Waals surface area contributed by atoms with Crippen LogP contribution in [0.5, 0.6) is 5.75 Å². The lowest BCUT2D eigenvalue weighted by Gasteiger charge is -2.46. The van der Waals surface area contributed by atoms with Gasteiger partial charge in [0, 0.05) is 124 Å². The molecule has 0 spiro atoms. The highest BCUT2D eigenvalue weighted by Gasteiger charge is 2.40. The molecule has 0 saturated carbocycles. The number of carbonyl (C=O) groups excluding carboxylic acids is 3. The number of imide groups is 1. The first-order valence-electron chi connectivity index (χ1n) is 26.0. The summed E-state index contributed by atoms with van der Waals surface area (Å²) in [6.07, 6.45) is 8.68. The number of pyridine rings is 1. The fraction of sp³-hybridized carbons (Fsp3) is 0.463. The maximum absolute atomic E-state index is 14.5. The van der Waals surface area contributed by atoms with Gasteiger partial charge < -0.3 is 34.6 Å². The summed E-state index contributed by atoms with van der Waals surface area (Å²) in [6.45, 7) is 13.1. The van der Waals surface area contributed by atoms with Gasteiger partial charge in [-0.05, 0) is 104 Å². The van der Waals surface area contributed by atoms with Crippen LogP contribution in [0.4, 0.5) is 34.5 Å². The van der Waals surface area contributed by atoms with E-state index in [2.05, 4.69) is 94.6 Å². The fourth-order valence-corrected chi connectivity index (χ4v) is 15.5. The van der Waals surface area contributed by atoms with Crippen LogP contribution in [0.1, 0.15) is 75.2 Å². The van der Waals surface area contributed by atoms with Gasteiger partial charge in [-0.25, -0.2) is 4.98 Å². The molecule has 3 N–H and O–H groups in total.